The van der Waals surface area contributed by atoms with Gasteiger partial charge in [-0.3, -0.25) is 0 Å². The van der Waals surface area contributed by atoms with E-state index < -0.39 is 0 Å². The van der Waals surface area contributed by atoms with Crippen LogP contribution in [0.1, 0.15) is 0 Å². The molecule has 0 amide bonds. The maximum absolute atomic E-state index is 2.63. The molecule has 0 heterocycles. The van der Waals surface area contributed by atoms with Gasteiger partial charge in [0.2, 0.25) is 0 Å². The molecule has 2 heteroatoms. The van der Waals surface area contributed by atoms with E-state index in [0.29, 0.717) is 0 Å². The van der Waals surface area contributed by atoms with Crippen LogP contribution in [0.3, 0.4) is 0 Å². The first-order chi connectivity index (χ1) is 3.39. The molecule has 1 unspecified atom stereocenters. The molecule has 0 fully saturated rings. The zero-order valence-corrected chi connectivity index (χ0v) is 8.03. The topological polar surface area (TPSA) is 0 Å². The van der Waals surface area contributed by atoms with Crippen LogP contribution in [0, 0.1) is 0 Å². The molecule has 0 bridgehead atoms. The smallest absolute Gasteiger partial charge is 0 e. The third-order valence-electron chi connectivity index (χ3n) is 0.800. The van der Waals surface area contributed by atoms with Gasteiger partial charge in [0.15, 0.2) is 0 Å². The number of hydrogen-bond acceptors (Lipinski definition) is 0. The van der Waals surface area contributed by atoms with E-state index in [2.05, 4.69) is 9.24 Å². The zero-order valence-electron chi connectivity index (χ0n) is 4.67. The van der Waals surface area contributed by atoms with E-state index in [1.165, 1.54) is 5.30 Å². The second-order valence-electron chi connectivity index (χ2n) is 1.41. The fourth-order valence-electron chi connectivity index (χ4n) is 0.453. The quantitative estimate of drug-likeness (QED) is 0.379. The molecule has 0 aliphatic heterocycles. The van der Waals surface area contributed by atoms with Crippen LogP contribution in [0.15, 0.2) is 30.3 Å². The molecule has 0 nitrogen and oxygen atoms in total. The van der Waals surface area contributed by atoms with Crippen LogP contribution < -0.4 is 5.30 Å². The van der Waals surface area contributed by atoms with Gasteiger partial charge in [-0.25, -0.2) is 0 Å². The van der Waals surface area contributed by atoms with Crippen molar-refractivity contribution in [1.29, 1.82) is 0 Å². The predicted molar refractivity (Wildman–Crippen MR) is 41.5 cm³/mol. The van der Waals surface area contributed by atoms with E-state index in [9.17, 15) is 0 Å². The monoisotopic (exact) mass is 150 g/mol. The van der Waals surface area contributed by atoms with Gasteiger partial charge in [-0.15, -0.1) is 9.24 Å². The van der Waals surface area contributed by atoms with Crippen molar-refractivity contribution in [3.05, 3.63) is 30.3 Å². The summed E-state index contributed by atoms with van der Waals surface area (Å²) in [5.41, 5.74) is 0. The minimum Gasteiger partial charge on any atom is -0.106 e. The first-order valence-corrected chi connectivity index (χ1v) is 2.78. The van der Waals surface area contributed by atoms with Crippen LogP contribution in [0.4, 0.5) is 0 Å². The van der Waals surface area contributed by atoms with Gasteiger partial charge in [-0.05, 0) is 5.30 Å². The van der Waals surface area contributed by atoms with E-state index >= 15 is 0 Å². The fourth-order valence-corrected chi connectivity index (χ4v) is 0.675. The maximum atomic E-state index is 2.63. The first kappa shape index (κ1) is 8.91. The number of hydrogen-bond donors (Lipinski definition) is 0. The van der Waals surface area contributed by atoms with Crippen LogP contribution in [-0.4, -0.2) is 37.7 Å². The molecule has 0 saturated carbocycles. The van der Waals surface area contributed by atoms with Gasteiger partial charge in [0.05, 0.1) is 0 Å². The van der Waals surface area contributed by atoms with Crippen LogP contribution in [0.25, 0.3) is 0 Å². The molecular weight excluding hydrogens is 143 g/mol. The molecule has 1 aromatic carbocycles. The van der Waals surface area contributed by atoms with Crippen LogP contribution in [0.2, 0.25) is 0 Å². The van der Waals surface area contributed by atoms with E-state index in [0.717, 1.165) is 0 Å². The van der Waals surface area contributed by atoms with Gasteiger partial charge in [-0.2, -0.15) is 0 Å². The predicted octanol–water partition coefficient (Wildman–Crippen LogP) is 0.806. The standard InChI is InChI=1S/C6H7P.Ca/c7-6-4-2-1-3-5-6;/h1-5H,7H2;. The van der Waals surface area contributed by atoms with Gasteiger partial charge < -0.3 is 0 Å². The minimum atomic E-state index is 0. The summed E-state index contributed by atoms with van der Waals surface area (Å²) >= 11 is 0. The third-order valence-corrected chi connectivity index (χ3v) is 1.18. The molecule has 0 saturated heterocycles. The van der Waals surface area contributed by atoms with Crippen molar-refractivity contribution in [2.75, 3.05) is 0 Å². The summed E-state index contributed by atoms with van der Waals surface area (Å²) in [6.07, 6.45) is 0. The number of benzene rings is 1. The Morgan fingerprint density at radius 1 is 1.00 bits per heavy atom. The van der Waals surface area contributed by atoms with Crippen LogP contribution >= 0.6 is 9.24 Å². The zero-order chi connectivity index (χ0) is 5.11. The van der Waals surface area contributed by atoms with E-state index in [-0.39, 0.29) is 37.7 Å². The van der Waals surface area contributed by atoms with E-state index in [1.54, 1.807) is 0 Å². The van der Waals surface area contributed by atoms with Gasteiger partial charge in [-0.1, -0.05) is 30.3 Å². The first-order valence-electron chi connectivity index (χ1n) is 2.20. The summed E-state index contributed by atoms with van der Waals surface area (Å²) in [7, 11) is 2.63. The SMILES string of the molecule is Pc1ccccc1.[Ca]. The summed E-state index contributed by atoms with van der Waals surface area (Å²) in [6, 6.07) is 10.1. The molecular formula is C6H7CaP. The Labute approximate surface area is 81.9 Å². The second-order valence-corrected chi connectivity index (χ2v) is 2.08. The second kappa shape index (κ2) is 4.76. The summed E-state index contributed by atoms with van der Waals surface area (Å²) in [5.74, 6) is 0. The minimum absolute atomic E-state index is 0. The molecule has 0 aliphatic carbocycles. The van der Waals surface area contributed by atoms with Gasteiger partial charge in [0.1, 0.15) is 0 Å². The summed E-state index contributed by atoms with van der Waals surface area (Å²) in [4.78, 5) is 0. The third kappa shape index (κ3) is 3.04. The largest absolute Gasteiger partial charge is 0.106 e. The molecule has 0 aromatic heterocycles. The molecule has 1 aromatic rings. The Kier molecular flexibility index (Phi) is 5.30. The van der Waals surface area contributed by atoms with Crippen LogP contribution in [0.5, 0.6) is 0 Å². The van der Waals surface area contributed by atoms with Crippen molar-refractivity contribution in [3.63, 3.8) is 0 Å². The Balaban J connectivity index is 0.000000490. The molecule has 38 valence electrons. The van der Waals surface area contributed by atoms with Crippen molar-refractivity contribution in [1.82, 2.24) is 0 Å². The van der Waals surface area contributed by atoms with Crippen molar-refractivity contribution in [2.45, 2.75) is 0 Å². The average molecular weight is 150 g/mol. The normalized spacial score (nSPS) is 7.62. The Hall–Kier alpha value is 0.910. The molecule has 0 aliphatic rings. The summed E-state index contributed by atoms with van der Waals surface area (Å²) < 4.78 is 0. The molecule has 2 radical (unpaired) electrons. The van der Waals surface area contributed by atoms with E-state index in [4.69, 9.17) is 0 Å². The number of rotatable bonds is 0. The molecule has 8 heavy (non-hydrogen) atoms. The van der Waals surface area contributed by atoms with E-state index in [1.807, 2.05) is 30.3 Å². The molecule has 1 atom stereocenters. The Morgan fingerprint density at radius 3 is 1.75 bits per heavy atom. The van der Waals surface area contributed by atoms with Gasteiger partial charge in [0.25, 0.3) is 0 Å². The van der Waals surface area contributed by atoms with Crippen molar-refractivity contribution < 1.29 is 0 Å². The summed E-state index contributed by atoms with van der Waals surface area (Å²) in [5, 5.41) is 1.24. The molecule has 0 spiro atoms. The summed E-state index contributed by atoms with van der Waals surface area (Å²) in [6.45, 7) is 0. The van der Waals surface area contributed by atoms with Gasteiger partial charge in [0, 0.05) is 37.7 Å². The maximum Gasteiger partial charge on any atom is 0 e. The van der Waals surface area contributed by atoms with Crippen molar-refractivity contribution in [2.24, 2.45) is 0 Å². The Bertz CT molecular complexity index is 138. The van der Waals surface area contributed by atoms with Crippen LogP contribution in [-0.2, 0) is 0 Å². The van der Waals surface area contributed by atoms with Crippen molar-refractivity contribution >= 4 is 52.3 Å². The van der Waals surface area contributed by atoms with Gasteiger partial charge >= 0.3 is 0 Å². The molecule has 1 rings (SSSR count). The Morgan fingerprint density at radius 2 is 1.50 bits per heavy atom. The fraction of sp³-hybridized carbons (Fsp3) is 0. The van der Waals surface area contributed by atoms with Crippen molar-refractivity contribution in [3.8, 4) is 0 Å². The molecule has 0 N–H and O–H groups in total. The average Bonchev–Trinajstić information content (AvgIpc) is 1.69.